The Hall–Kier alpha value is -3.15. The fraction of sp³-hybridized carbons (Fsp3) is 0.286. The van der Waals surface area contributed by atoms with Gasteiger partial charge in [0.05, 0.1) is 6.10 Å². The Morgan fingerprint density at radius 2 is 1.74 bits per heavy atom. The number of benzene rings is 2. The summed E-state index contributed by atoms with van der Waals surface area (Å²) in [6, 6.07) is 15.8. The van der Waals surface area contributed by atoms with Crippen LogP contribution >= 0.6 is 0 Å². The molecule has 2 aromatic carbocycles. The summed E-state index contributed by atoms with van der Waals surface area (Å²) in [6.45, 7) is 3.81. The number of Topliss-reactive ketones (excluding diaryl/α,β-unsaturated/α-hetero) is 1. The van der Waals surface area contributed by atoms with E-state index in [0.717, 1.165) is 5.56 Å². The van der Waals surface area contributed by atoms with Crippen molar-refractivity contribution in [1.82, 2.24) is 0 Å². The third-order valence-electron chi connectivity index (χ3n) is 4.04. The number of esters is 1. The lowest BCUT2D eigenvalue weighted by Gasteiger charge is -2.17. The number of hydrogen-bond donors (Lipinski definition) is 1. The molecule has 0 saturated heterocycles. The summed E-state index contributed by atoms with van der Waals surface area (Å²) >= 11 is 0. The maximum Gasteiger partial charge on any atom is 0.373 e. The zero-order valence-electron chi connectivity index (χ0n) is 15.3. The van der Waals surface area contributed by atoms with Crippen LogP contribution in [0.1, 0.15) is 37.3 Å². The lowest BCUT2D eigenvalue weighted by molar-refractivity contribution is -0.158. The van der Waals surface area contributed by atoms with E-state index < -0.39 is 29.7 Å². The number of ether oxygens (including phenoxy) is 2. The summed E-state index contributed by atoms with van der Waals surface area (Å²) in [5.41, 5.74) is 1.18. The van der Waals surface area contributed by atoms with Gasteiger partial charge in [0.15, 0.2) is 5.92 Å². The third kappa shape index (κ3) is 5.67. The van der Waals surface area contributed by atoms with Crippen molar-refractivity contribution in [2.75, 3.05) is 0 Å². The van der Waals surface area contributed by atoms with E-state index in [4.69, 9.17) is 14.6 Å². The van der Waals surface area contributed by atoms with Crippen molar-refractivity contribution in [1.29, 1.82) is 0 Å². The van der Waals surface area contributed by atoms with E-state index >= 15 is 0 Å². The van der Waals surface area contributed by atoms with E-state index in [-0.39, 0.29) is 5.56 Å². The normalized spacial score (nSPS) is 12.7. The minimum atomic E-state index is -1.68. The predicted molar refractivity (Wildman–Crippen MR) is 98.4 cm³/mol. The number of carboxylic acids is 1. The molecule has 6 nitrogen and oxygen atoms in total. The van der Waals surface area contributed by atoms with Crippen molar-refractivity contribution in [3.8, 4) is 5.75 Å². The quantitative estimate of drug-likeness (QED) is 0.414. The summed E-state index contributed by atoms with van der Waals surface area (Å²) < 4.78 is 10.9. The van der Waals surface area contributed by atoms with Gasteiger partial charge in [-0.15, -0.1) is 0 Å². The monoisotopic (exact) mass is 370 g/mol. The van der Waals surface area contributed by atoms with E-state index in [0.29, 0.717) is 18.8 Å². The first kappa shape index (κ1) is 20.2. The molecule has 0 spiro atoms. The molecular formula is C21H22O6. The van der Waals surface area contributed by atoms with E-state index in [2.05, 4.69) is 0 Å². The molecule has 0 radical (unpaired) electrons. The summed E-state index contributed by atoms with van der Waals surface area (Å²) in [6.07, 6.45) is 0.138. The number of carbonyl (C=O) groups excluding carboxylic acids is 2. The molecule has 1 N–H and O–H groups in total. The van der Waals surface area contributed by atoms with E-state index in [9.17, 15) is 14.4 Å². The third-order valence-corrected chi connectivity index (χ3v) is 4.04. The second-order valence-electron chi connectivity index (χ2n) is 6.10. The Labute approximate surface area is 157 Å². The average molecular weight is 370 g/mol. The van der Waals surface area contributed by atoms with Crippen molar-refractivity contribution in [2.24, 2.45) is 0 Å². The van der Waals surface area contributed by atoms with Crippen LogP contribution < -0.4 is 4.74 Å². The molecule has 0 saturated carbocycles. The molecule has 2 rings (SSSR count). The molecule has 6 heteroatoms. The van der Waals surface area contributed by atoms with Crippen molar-refractivity contribution < 1.29 is 29.0 Å². The second-order valence-corrected chi connectivity index (χ2v) is 6.10. The van der Waals surface area contributed by atoms with Gasteiger partial charge in [-0.1, -0.05) is 49.4 Å². The largest absolute Gasteiger partial charge is 0.489 e. The average Bonchev–Trinajstić information content (AvgIpc) is 2.67. The first-order valence-electron chi connectivity index (χ1n) is 8.66. The van der Waals surface area contributed by atoms with Crippen LogP contribution in [-0.2, 0) is 25.7 Å². The number of aliphatic carboxylic acids is 1. The molecule has 27 heavy (non-hydrogen) atoms. The number of rotatable bonds is 9. The molecule has 0 bridgehead atoms. The Kier molecular flexibility index (Phi) is 7.11. The highest BCUT2D eigenvalue weighted by atomic mass is 16.5. The Morgan fingerprint density at radius 3 is 2.37 bits per heavy atom. The molecule has 0 aromatic heterocycles. The van der Waals surface area contributed by atoms with Crippen LogP contribution in [0.4, 0.5) is 0 Å². The highest BCUT2D eigenvalue weighted by Crippen LogP contribution is 2.25. The Bertz CT molecular complexity index is 799. The fourth-order valence-electron chi connectivity index (χ4n) is 2.39. The molecule has 0 aliphatic carbocycles. The van der Waals surface area contributed by atoms with Gasteiger partial charge >= 0.3 is 11.9 Å². The SMILES string of the molecule is CCC(C)OC(=O)C(C(=O)C(=O)O)c1cccc(OCc2ccccc2)c1. The molecule has 2 atom stereocenters. The van der Waals surface area contributed by atoms with Crippen LogP contribution in [0.5, 0.6) is 5.75 Å². The molecule has 142 valence electrons. The second kappa shape index (κ2) is 9.52. The fourth-order valence-corrected chi connectivity index (χ4v) is 2.39. The lowest BCUT2D eigenvalue weighted by Crippen LogP contribution is -2.31. The lowest BCUT2D eigenvalue weighted by atomic mass is 9.94. The number of carbonyl (C=O) groups is 3. The highest BCUT2D eigenvalue weighted by molar-refractivity contribution is 6.39. The number of carboxylic acid groups (broad SMARTS) is 1. The van der Waals surface area contributed by atoms with Crippen LogP contribution in [0, 0.1) is 0 Å². The molecule has 0 aliphatic heterocycles. The van der Waals surface area contributed by atoms with Crippen molar-refractivity contribution >= 4 is 17.7 Å². The number of hydrogen-bond acceptors (Lipinski definition) is 5. The van der Waals surface area contributed by atoms with Crippen molar-refractivity contribution in [3.05, 3.63) is 65.7 Å². The van der Waals surface area contributed by atoms with Crippen LogP contribution in [0.3, 0.4) is 0 Å². The van der Waals surface area contributed by atoms with Gasteiger partial charge in [-0.25, -0.2) is 4.79 Å². The zero-order chi connectivity index (χ0) is 19.8. The minimum Gasteiger partial charge on any atom is -0.489 e. The highest BCUT2D eigenvalue weighted by Gasteiger charge is 2.35. The molecule has 0 aliphatic rings. The van der Waals surface area contributed by atoms with Gasteiger partial charge < -0.3 is 14.6 Å². The van der Waals surface area contributed by atoms with Gasteiger partial charge in [-0.3, -0.25) is 9.59 Å². The molecule has 2 aromatic rings. The molecular weight excluding hydrogens is 348 g/mol. The van der Waals surface area contributed by atoms with Gasteiger partial charge in [0.2, 0.25) is 0 Å². The van der Waals surface area contributed by atoms with Crippen LogP contribution in [0.15, 0.2) is 54.6 Å². The minimum absolute atomic E-state index is 0.223. The summed E-state index contributed by atoms with van der Waals surface area (Å²) in [5, 5.41) is 9.09. The number of ketones is 1. The van der Waals surface area contributed by atoms with Gasteiger partial charge in [-0.05, 0) is 36.6 Å². The molecule has 0 fully saturated rings. The Balaban J connectivity index is 2.23. The van der Waals surface area contributed by atoms with E-state index in [1.54, 1.807) is 19.1 Å². The standard InChI is InChI=1S/C21H22O6/c1-3-14(2)27-21(25)18(19(22)20(23)24)16-10-7-11-17(12-16)26-13-15-8-5-4-6-9-15/h4-12,14,18H,3,13H2,1-2H3,(H,23,24). The van der Waals surface area contributed by atoms with Crippen molar-refractivity contribution in [3.63, 3.8) is 0 Å². The maximum absolute atomic E-state index is 12.4. The molecule has 0 amide bonds. The topological polar surface area (TPSA) is 89.9 Å². The van der Waals surface area contributed by atoms with Crippen molar-refractivity contribution in [2.45, 2.75) is 38.9 Å². The molecule has 2 unspecified atom stereocenters. The van der Waals surface area contributed by atoms with Gasteiger partial charge in [-0.2, -0.15) is 0 Å². The zero-order valence-corrected chi connectivity index (χ0v) is 15.3. The van der Waals surface area contributed by atoms with Gasteiger partial charge in [0.1, 0.15) is 12.4 Å². The summed E-state index contributed by atoms with van der Waals surface area (Å²) in [5.74, 6) is -4.90. The van der Waals surface area contributed by atoms with Crippen LogP contribution in [0.25, 0.3) is 0 Å². The first-order valence-corrected chi connectivity index (χ1v) is 8.66. The molecule has 0 heterocycles. The van der Waals surface area contributed by atoms with Crippen LogP contribution in [-0.4, -0.2) is 28.9 Å². The van der Waals surface area contributed by atoms with Gasteiger partial charge in [0.25, 0.3) is 5.78 Å². The smallest absolute Gasteiger partial charge is 0.373 e. The van der Waals surface area contributed by atoms with Crippen LogP contribution in [0.2, 0.25) is 0 Å². The maximum atomic E-state index is 12.4. The van der Waals surface area contributed by atoms with E-state index in [1.165, 1.54) is 12.1 Å². The Morgan fingerprint density at radius 1 is 1.04 bits per heavy atom. The van der Waals surface area contributed by atoms with Gasteiger partial charge in [0, 0.05) is 0 Å². The summed E-state index contributed by atoms with van der Waals surface area (Å²) in [4.78, 5) is 35.7. The summed E-state index contributed by atoms with van der Waals surface area (Å²) in [7, 11) is 0. The van der Waals surface area contributed by atoms with E-state index in [1.807, 2.05) is 37.3 Å². The predicted octanol–water partition coefficient (Wildman–Crippen LogP) is 3.34. The first-order chi connectivity index (χ1) is 12.9.